The van der Waals surface area contributed by atoms with Gasteiger partial charge in [0.25, 0.3) is 0 Å². The number of aromatic carboxylic acids is 1. The molecule has 1 atom stereocenters. The van der Waals surface area contributed by atoms with E-state index in [0.717, 1.165) is 42.0 Å². The number of alkyl halides is 3. The highest BCUT2D eigenvalue weighted by atomic mass is 19.4. The standard InChI is InChI=1S/C30H27F4N5O4/c31-22-13-20(30(32,33)34)14-35-25(22)17-43-28-3-1-2-23(37-28)18-6-9-38(10-7-18)16-27-36-24-5-4-19(29(40)41)12-26(24)39(27)15-21-8-11-42-21/h1-6,12-14,21H,7-11,15-17H2,(H,40,41)/t21-/m0/s1. The number of halogens is 4. The van der Waals surface area contributed by atoms with Crippen molar-refractivity contribution < 1.29 is 36.9 Å². The van der Waals surface area contributed by atoms with Crippen LogP contribution in [-0.2, 0) is 30.6 Å². The van der Waals surface area contributed by atoms with Gasteiger partial charge < -0.3 is 19.1 Å². The molecule has 1 aromatic carbocycles. The zero-order valence-electron chi connectivity index (χ0n) is 22.9. The minimum Gasteiger partial charge on any atom is -0.478 e. The highest BCUT2D eigenvalue weighted by molar-refractivity contribution is 5.92. The van der Waals surface area contributed by atoms with Gasteiger partial charge in [0.05, 0.1) is 47.0 Å². The summed E-state index contributed by atoms with van der Waals surface area (Å²) in [6, 6.07) is 10.5. The summed E-state index contributed by atoms with van der Waals surface area (Å²) in [6.45, 7) is 2.88. The first-order valence-corrected chi connectivity index (χ1v) is 13.7. The predicted molar refractivity (Wildman–Crippen MR) is 147 cm³/mol. The van der Waals surface area contributed by atoms with Gasteiger partial charge in [0.1, 0.15) is 23.9 Å². The first-order valence-electron chi connectivity index (χ1n) is 13.7. The number of imidazole rings is 1. The Labute approximate surface area is 243 Å². The van der Waals surface area contributed by atoms with E-state index < -0.39 is 23.5 Å². The van der Waals surface area contributed by atoms with Crippen LogP contribution in [0.15, 0.2) is 54.7 Å². The summed E-state index contributed by atoms with van der Waals surface area (Å²) >= 11 is 0. The molecule has 1 fully saturated rings. The van der Waals surface area contributed by atoms with Crippen LogP contribution in [0.25, 0.3) is 16.6 Å². The average Bonchev–Trinajstić information content (AvgIpc) is 3.30. The number of aromatic nitrogens is 4. The number of nitrogens with zero attached hydrogens (tertiary/aromatic N) is 5. The molecule has 3 aromatic heterocycles. The molecule has 0 aliphatic carbocycles. The number of benzene rings is 1. The maximum atomic E-state index is 14.2. The number of hydrogen-bond donors (Lipinski definition) is 1. The maximum Gasteiger partial charge on any atom is 0.417 e. The van der Waals surface area contributed by atoms with Crippen LogP contribution in [0, 0.1) is 5.82 Å². The van der Waals surface area contributed by atoms with Gasteiger partial charge in [-0.1, -0.05) is 12.1 Å². The van der Waals surface area contributed by atoms with E-state index in [1.165, 1.54) is 0 Å². The van der Waals surface area contributed by atoms with Crippen LogP contribution in [0.1, 0.15) is 46.0 Å². The van der Waals surface area contributed by atoms with Crippen molar-refractivity contribution >= 4 is 22.6 Å². The van der Waals surface area contributed by atoms with Crippen molar-refractivity contribution in [3.63, 3.8) is 0 Å². The third-order valence-electron chi connectivity index (χ3n) is 7.57. The van der Waals surface area contributed by atoms with E-state index in [4.69, 9.17) is 14.5 Å². The highest BCUT2D eigenvalue weighted by Gasteiger charge is 2.32. The average molecular weight is 598 g/mol. The number of pyridine rings is 2. The molecule has 0 radical (unpaired) electrons. The van der Waals surface area contributed by atoms with E-state index in [2.05, 4.69) is 25.5 Å². The Kier molecular flexibility index (Phi) is 7.84. The van der Waals surface area contributed by atoms with E-state index in [1.807, 2.05) is 6.07 Å². The number of fused-ring (bicyclic) bond motifs is 1. The summed E-state index contributed by atoms with van der Waals surface area (Å²) in [5.41, 5.74) is 1.99. The number of carboxylic acid groups (broad SMARTS) is 1. The summed E-state index contributed by atoms with van der Waals surface area (Å²) in [5.74, 6) is -1.05. The van der Waals surface area contributed by atoms with Crippen LogP contribution < -0.4 is 4.74 Å². The SMILES string of the molecule is O=C(O)c1ccc2nc(CN3CC=C(c4cccc(OCc5ncc(C(F)(F)F)cc5F)n4)CC3)n(C[C@@H]3CCO3)c2c1. The topological polar surface area (TPSA) is 103 Å². The van der Waals surface area contributed by atoms with E-state index >= 15 is 0 Å². The summed E-state index contributed by atoms with van der Waals surface area (Å²) in [4.78, 5) is 26.7. The van der Waals surface area contributed by atoms with E-state index in [-0.39, 0.29) is 29.8 Å². The molecular weight excluding hydrogens is 570 g/mol. The largest absolute Gasteiger partial charge is 0.478 e. The van der Waals surface area contributed by atoms with Crippen molar-refractivity contribution in [2.75, 3.05) is 19.7 Å². The number of rotatable bonds is 9. The van der Waals surface area contributed by atoms with Gasteiger partial charge in [-0.25, -0.2) is 19.2 Å². The lowest BCUT2D eigenvalue weighted by molar-refractivity contribution is -0.138. The van der Waals surface area contributed by atoms with Crippen molar-refractivity contribution in [3.05, 3.63) is 88.9 Å². The lowest BCUT2D eigenvalue weighted by Gasteiger charge is -2.29. The Bertz CT molecular complexity index is 1700. The molecule has 0 spiro atoms. The molecule has 0 bridgehead atoms. The van der Waals surface area contributed by atoms with Gasteiger partial charge in [-0.05, 0) is 48.7 Å². The lowest BCUT2D eigenvalue weighted by atomic mass is 10.0. The molecule has 4 aromatic rings. The number of carboxylic acids is 1. The minimum atomic E-state index is -4.68. The Morgan fingerprint density at radius 2 is 2.00 bits per heavy atom. The van der Waals surface area contributed by atoms with Crippen molar-refractivity contribution in [2.45, 2.75) is 44.8 Å². The van der Waals surface area contributed by atoms with E-state index in [1.54, 1.807) is 30.3 Å². The van der Waals surface area contributed by atoms with Gasteiger partial charge in [0, 0.05) is 32.0 Å². The van der Waals surface area contributed by atoms with Gasteiger partial charge in [-0.15, -0.1) is 0 Å². The minimum absolute atomic E-state index is 0.0737. The first-order chi connectivity index (χ1) is 20.6. The molecule has 2 aliphatic rings. The summed E-state index contributed by atoms with van der Waals surface area (Å²) in [7, 11) is 0. The Morgan fingerprint density at radius 3 is 2.67 bits per heavy atom. The molecule has 13 heteroatoms. The first kappa shape index (κ1) is 28.7. The van der Waals surface area contributed by atoms with Crippen LogP contribution in [0.2, 0.25) is 0 Å². The van der Waals surface area contributed by atoms with Gasteiger partial charge in [-0.3, -0.25) is 9.88 Å². The highest BCUT2D eigenvalue weighted by Crippen LogP contribution is 2.30. The van der Waals surface area contributed by atoms with Gasteiger partial charge >= 0.3 is 12.1 Å². The zero-order valence-corrected chi connectivity index (χ0v) is 22.9. The summed E-state index contributed by atoms with van der Waals surface area (Å²) in [5, 5.41) is 9.47. The smallest absolute Gasteiger partial charge is 0.417 e. The predicted octanol–water partition coefficient (Wildman–Crippen LogP) is 5.34. The second kappa shape index (κ2) is 11.7. The van der Waals surface area contributed by atoms with Crippen LogP contribution in [-0.4, -0.2) is 61.3 Å². The van der Waals surface area contributed by atoms with Crippen LogP contribution >= 0.6 is 0 Å². The molecule has 0 unspecified atom stereocenters. The Balaban J connectivity index is 1.13. The second-order valence-corrected chi connectivity index (χ2v) is 10.4. The maximum absolute atomic E-state index is 14.2. The number of hydrogen-bond acceptors (Lipinski definition) is 7. The fraction of sp³-hybridized carbons (Fsp3) is 0.333. The molecule has 0 saturated carbocycles. The van der Waals surface area contributed by atoms with Crippen LogP contribution in [0.5, 0.6) is 5.88 Å². The van der Waals surface area contributed by atoms with Crippen molar-refractivity contribution in [2.24, 2.45) is 0 Å². The Hall–Kier alpha value is -4.36. The molecule has 0 amide bonds. The number of ether oxygens (including phenoxy) is 2. The normalized spacial score (nSPS) is 17.5. The molecule has 1 N–H and O–H groups in total. The molecule has 224 valence electrons. The summed E-state index contributed by atoms with van der Waals surface area (Å²) < 4.78 is 65.8. The molecule has 5 heterocycles. The second-order valence-electron chi connectivity index (χ2n) is 10.4. The van der Waals surface area contributed by atoms with Crippen molar-refractivity contribution in [3.8, 4) is 5.88 Å². The zero-order chi connectivity index (χ0) is 30.1. The van der Waals surface area contributed by atoms with Crippen molar-refractivity contribution in [1.82, 2.24) is 24.4 Å². The quantitative estimate of drug-likeness (QED) is 0.258. The van der Waals surface area contributed by atoms with Gasteiger partial charge in [0.2, 0.25) is 5.88 Å². The number of carbonyl (C=O) groups is 1. The third-order valence-corrected chi connectivity index (χ3v) is 7.57. The van der Waals surface area contributed by atoms with Crippen LogP contribution in [0.4, 0.5) is 17.6 Å². The molecular formula is C30H27F4N5O4. The molecule has 1 saturated heterocycles. The summed E-state index contributed by atoms with van der Waals surface area (Å²) in [6.07, 6.45) is -0.326. The van der Waals surface area contributed by atoms with Gasteiger partial charge in [-0.2, -0.15) is 13.2 Å². The third kappa shape index (κ3) is 6.37. The fourth-order valence-corrected chi connectivity index (χ4v) is 5.09. The Morgan fingerprint density at radius 1 is 1.16 bits per heavy atom. The van der Waals surface area contributed by atoms with Crippen LogP contribution in [0.3, 0.4) is 0 Å². The lowest BCUT2D eigenvalue weighted by Crippen LogP contribution is -2.33. The molecule has 43 heavy (non-hydrogen) atoms. The molecule has 9 nitrogen and oxygen atoms in total. The monoisotopic (exact) mass is 597 g/mol. The molecule has 6 rings (SSSR count). The van der Waals surface area contributed by atoms with E-state index in [9.17, 15) is 27.5 Å². The van der Waals surface area contributed by atoms with E-state index in [0.29, 0.717) is 44.0 Å². The molecule has 2 aliphatic heterocycles. The van der Waals surface area contributed by atoms with Gasteiger partial charge in [0.15, 0.2) is 0 Å². The van der Waals surface area contributed by atoms with Crippen molar-refractivity contribution in [1.29, 1.82) is 0 Å². The fourth-order valence-electron chi connectivity index (χ4n) is 5.09.